The minimum atomic E-state index is -2.27. The largest absolute Gasteiger partial charge is 0.338 e. The molecule has 2 saturated carbocycles. The van der Waals surface area contributed by atoms with Crippen LogP contribution in [0.5, 0.6) is 0 Å². The number of fused-ring (bicyclic) bond motifs is 6. The maximum atomic E-state index is 8.85. The summed E-state index contributed by atoms with van der Waals surface area (Å²) in [5, 5.41) is 0. The zero-order valence-electron chi connectivity index (χ0n) is 35.7. The first-order valence-electron chi connectivity index (χ1n) is 20.6. The molecular formula is C47H59BN2. The molecule has 0 amide bonds. The molecule has 4 aliphatic rings. The summed E-state index contributed by atoms with van der Waals surface area (Å²) in [5.74, 6) is 0.641. The van der Waals surface area contributed by atoms with Crippen LogP contribution in [0.4, 0.5) is 28.4 Å². The highest BCUT2D eigenvalue weighted by molar-refractivity contribution is 7.00. The predicted molar refractivity (Wildman–Crippen MR) is 218 cm³/mol. The molecule has 0 saturated heterocycles. The van der Waals surface area contributed by atoms with Gasteiger partial charge >= 0.3 is 0 Å². The normalized spacial score (nSPS) is 24.7. The number of hydrogen-bond acceptors (Lipinski definition) is 2. The second kappa shape index (κ2) is 10.6. The van der Waals surface area contributed by atoms with E-state index in [-0.39, 0.29) is 39.8 Å². The van der Waals surface area contributed by atoms with Gasteiger partial charge in [-0.3, -0.25) is 0 Å². The van der Waals surface area contributed by atoms with Crippen LogP contribution < -0.4 is 26.2 Å². The van der Waals surface area contributed by atoms with Gasteiger partial charge in [0.25, 0.3) is 6.71 Å². The van der Waals surface area contributed by atoms with Gasteiger partial charge in [-0.2, -0.15) is 0 Å². The Bertz CT molecular complexity index is 2120. The van der Waals surface area contributed by atoms with Gasteiger partial charge < -0.3 is 9.80 Å². The van der Waals surface area contributed by atoms with Crippen LogP contribution in [0.2, 0.25) is 0 Å². The third kappa shape index (κ3) is 4.88. The monoisotopic (exact) mass is 665 g/mol. The SMILES string of the molecule is [2H]C([2H])([2H])c1cc2c3c(c1)N(C1C4(C)CCC(C4)C1(C)C)c1ccc(C(C)(C)C)cc1B3c1cc(C(C)(C)C)ccc1N2c1ccc(C(C)(C)C)cc1. The van der Waals surface area contributed by atoms with E-state index in [4.69, 9.17) is 4.11 Å². The fraction of sp³-hybridized carbons (Fsp3) is 0.489. The molecular weight excluding hydrogens is 603 g/mol. The van der Waals surface area contributed by atoms with E-state index in [2.05, 4.69) is 160 Å². The summed E-state index contributed by atoms with van der Waals surface area (Å²) in [4.78, 5) is 5.04. The highest BCUT2D eigenvalue weighted by Gasteiger charge is 2.62. The molecule has 2 nitrogen and oxygen atoms in total. The number of hydrogen-bond donors (Lipinski definition) is 0. The van der Waals surface area contributed by atoms with Gasteiger partial charge in [0.05, 0.1) is 0 Å². The lowest BCUT2D eigenvalue weighted by molar-refractivity contribution is 0.140. The molecule has 0 radical (unpaired) electrons. The molecule has 0 spiro atoms. The minimum absolute atomic E-state index is 0.0178. The van der Waals surface area contributed by atoms with Crippen molar-refractivity contribution < 1.29 is 4.11 Å². The standard InChI is InChI=1S/C47H59BN2/c1-29-24-39-41-40(25-29)50(42-46(11,12)33-22-23-47(42,13)28-33)38-21-17-32(45(8,9)10)27-36(38)48(41)35-26-31(44(5,6)7)16-20-37(35)49(39)34-18-14-30(15-19-34)43(2,3)4/h14-21,24-27,33,42H,22-23,28H2,1-13H3/i1D3. The van der Waals surface area contributed by atoms with E-state index >= 15 is 0 Å². The summed E-state index contributed by atoms with van der Waals surface area (Å²) in [5.41, 5.74) is 13.8. The van der Waals surface area contributed by atoms with Crippen molar-refractivity contribution in [3.8, 4) is 0 Å². The van der Waals surface area contributed by atoms with Crippen LogP contribution in [0.15, 0.2) is 72.8 Å². The summed E-state index contributed by atoms with van der Waals surface area (Å²) in [6, 6.07) is 27.6. The molecule has 260 valence electrons. The lowest BCUT2D eigenvalue weighted by Crippen LogP contribution is -2.65. The van der Waals surface area contributed by atoms with Gasteiger partial charge in [-0.25, -0.2) is 0 Å². The summed E-state index contributed by atoms with van der Waals surface area (Å²) >= 11 is 0. The molecule has 0 aromatic heterocycles. The van der Waals surface area contributed by atoms with Gasteiger partial charge in [0, 0.05) is 38.6 Å². The third-order valence-corrected chi connectivity index (χ3v) is 13.3. The first-order valence-corrected chi connectivity index (χ1v) is 19.1. The molecule has 4 aromatic carbocycles. The third-order valence-electron chi connectivity index (χ3n) is 13.3. The van der Waals surface area contributed by atoms with Gasteiger partial charge in [0.2, 0.25) is 0 Å². The Kier molecular flexibility index (Phi) is 6.37. The lowest BCUT2D eigenvalue weighted by Gasteiger charge is -2.54. The maximum Gasteiger partial charge on any atom is 0.252 e. The van der Waals surface area contributed by atoms with E-state index in [0.29, 0.717) is 11.5 Å². The summed E-state index contributed by atoms with van der Waals surface area (Å²) in [7, 11) is 0. The van der Waals surface area contributed by atoms with Gasteiger partial charge in [-0.15, -0.1) is 0 Å². The number of benzene rings is 4. The predicted octanol–water partition coefficient (Wildman–Crippen LogP) is 10.9. The molecule has 3 heteroatoms. The van der Waals surface area contributed by atoms with Crippen molar-refractivity contribution >= 4 is 51.5 Å². The fourth-order valence-electron chi connectivity index (χ4n) is 10.6. The Morgan fingerprint density at radius 3 is 1.74 bits per heavy atom. The molecule has 2 aliphatic carbocycles. The molecule has 0 N–H and O–H groups in total. The zero-order valence-corrected chi connectivity index (χ0v) is 32.7. The number of nitrogens with zero attached hydrogens (tertiary/aromatic N) is 2. The van der Waals surface area contributed by atoms with Crippen LogP contribution in [0, 0.1) is 23.6 Å². The van der Waals surface area contributed by atoms with E-state index in [1.165, 1.54) is 58.0 Å². The van der Waals surface area contributed by atoms with Crippen LogP contribution in [-0.2, 0) is 16.2 Å². The first kappa shape index (κ1) is 30.2. The van der Waals surface area contributed by atoms with Crippen molar-refractivity contribution in [2.24, 2.45) is 16.7 Å². The van der Waals surface area contributed by atoms with Crippen LogP contribution in [0.25, 0.3) is 0 Å². The van der Waals surface area contributed by atoms with Gasteiger partial charge in [-0.05, 0) is 134 Å². The van der Waals surface area contributed by atoms with Crippen molar-refractivity contribution in [1.82, 2.24) is 0 Å². The molecule has 3 unspecified atom stereocenters. The molecule has 8 rings (SSSR count). The Balaban J connectivity index is 1.51. The van der Waals surface area contributed by atoms with E-state index in [1.54, 1.807) is 0 Å². The van der Waals surface area contributed by atoms with Crippen molar-refractivity contribution in [2.45, 2.75) is 131 Å². The molecule has 3 atom stereocenters. The lowest BCUT2D eigenvalue weighted by atomic mass is 9.33. The maximum absolute atomic E-state index is 8.85. The smallest absolute Gasteiger partial charge is 0.252 e. The highest BCUT2D eigenvalue weighted by atomic mass is 15.2. The quantitative estimate of drug-likeness (QED) is 0.173. The molecule has 50 heavy (non-hydrogen) atoms. The van der Waals surface area contributed by atoms with Gasteiger partial charge in [-0.1, -0.05) is 119 Å². The molecule has 2 bridgehead atoms. The van der Waals surface area contributed by atoms with E-state index in [9.17, 15) is 0 Å². The van der Waals surface area contributed by atoms with Crippen molar-refractivity contribution in [2.75, 3.05) is 9.80 Å². The summed E-state index contributed by atoms with van der Waals surface area (Å²) in [6.07, 6.45) is 3.68. The average Bonchev–Trinajstić information content (AvgIpc) is 3.54. The average molecular weight is 666 g/mol. The van der Waals surface area contributed by atoms with Crippen molar-refractivity contribution in [1.29, 1.82) is 0 Å². The molecule has 2 fully saturated rings. The van der Waals surface area contributed by atoms with Crippen LogP contribution in [0.1, 0.15) is 129 Å². The summed E-state index contributed by atoms with van der Waals surface area (Å²) < 4.78 is 26.6. The molecule has 4 aromatic rings. The van der Waals surface area contributed by atoms with E-state index in [1.807, 2.05) is 6.07 Å². The number of rotatable bonds is 2. The Morgan fingerprint density at radius 2 is 1.20 bits per heavy atom. The molecule has 2 heterocycles. The number of aryl methyl sites for hydroxylation is 1. The topological polar surface area (TPSA) is 6.48 Å². The van der Waals surface area contributed by atoms with E-state index < -0.39 is 6.85 Å². The van der Waals surface area contributed by atoms with Crippen molar-refractivity contribution in [3.63, 3.8) is 0 Å². The fourth-order valence-corrected chi connectivity index (χ4v) is 10.6. The zero-order chi connectivity index (χ0) is 38.4. The minimum Gasteiger partial charge on any atom is -0.338 e. The van der Waals surface area contributed by atoms with Gasteiger partial charge in [0.15, 0.2) is 0 Å². The first-order chi connectivity index (χ1) is 24.4. The van der Waals surface area contributed by atoms with Crippen LogP contribution >= 0.6 is 0 Å². The number of anilines is 5. The Labute approximate surface area is 308 Å². The Hall–Kier alpha value is -3.46. The second-order valence-corrected chi connectivity index (χ2v) is 20.2. The van der Waals surface area contributed by atoms with Gasteiger partial charge in [0.1, 0.15) is 0 Å². The van der Waals surface area contributed by atoms with Crippen LogP contribution in [-0.4, -0.2) is 12.8 Å². The van der Waals surface area contributed by atoms with Crippen LogP contribution in [0.3, 0.4) is 0 Å². The van der Waals surface area contributed by atoms with E-state index in [0.717, 1.165) is 22.7 Å². The highest BCUT2D eigenvalue weighted by Crippen LogP contribution is 2.65. The second-order valence-electron chi connectivity index (χ2n) is 20.2. The summed E-state index contributed by atoms with van der Waals surface area (Å²) in [6.45, 7) is 25.8. The Morgan fingerprint density at radius 1 is 0.660 bits per heavy atom. The van der Waals surface area contributed by atoms with Crippen molar-refractivity contribution in [3.05, 3.63) is 95.1 Å². The molecule has 2 aliphatic heterocycles.